The Labute approximate surface area is 725 Å². The fourth-order valence-electron chi connectivity index (χ4n) is 11.5. The first-order valence-corrected chi connectivity index (χ1v) is 57.1. The van der Waals surface area contributed by atoms with Crippen LogP contribution in [-0.2, 0) is 84.1 Å². The molecule has 0 aliphatic carbocycles. The first-order chi connectivity index (χ1) is 53.8. The molecule has 119 heavy (non-hydrogen) atoms. The van der Waals surface area contributed by atoms with Crippen LogP contribution < -0.4 is 41.1 Å². The van der Waals surface area contributed by atoms with Crippen molar-refractivity contribution >= 4 is 115 Å². The molecule has 7 N–H and O–H groups in total. The molecule has 690 valence electrons. The maximum Gasteiger partial charge on any atom is 0.407 e. The van der Waals surface area contributed by atoms with Crippen LogP contribution in [0.2, 0.25) is 64.5 Å². The topological polar surface area (TPSA) is 366 Å². The van der Waals surface area contributed by atoms with Crippen molar-refractivity contribution in [3.63, 3.8) is 0 Å². The molecule has 2 unspecified atom stereocenters. The zero-order chi connectivity index (χ0) is 92.5. The van der Waals surface area contributed by atoms with Crippen LogP contribution in [0.25, 0.3) is 0 Å². The van der Waals surface area contributed by atoms with E-state index in [9.17, 15) is 40.8 Å². The number of rotatable bonds is 32. The van der Waals surface area contributed by atoms with Crippen molar-refractivity contribution in [1.82, 2.24) is 30.7 Å². The third-order valence-electron chi connectivity index (χ3n) is 21.1. The van der Waals surface area contributed by atoms with E-state index in [0.717, 1.165) is 22.4 Å². The molecular weight excluding hydrogens is 1670 g/mol. The van der Waals surface area contributed by atoms with Gasteiger partial charge in [-0.05, 0) is 174 Å². The first kappa shape index (κ1) is 113. The van der Waals surface area contributed by atoms with E-state index < -0.39 is 143 Å². The number of benzene rings is 2. The summed E-state index contributed by atoms with van der Waals surface area (Å²) in [4.78, 5) is 60.1. The molecule has 4 amide bonds. The molecule has 37 heteroatoms. The third kappa shape index (κ3) is 38.3. The predicted molar refractivity (Wildman–Crippen MR) is 487 cm³/mol. The lowest BCUT2D eigenvalue weighted by Gasteiger charge is -2.41. The van der Waals surface area contributed by atoms with Gasteiger partial charge in [0.15, 0.2) is 30.2 Å². The van der Waals surface area contributed by atoms with Crippen LogP contribution in [0, 0.1) is 5.92 Å². The molecular formula is C82H156N6O23S3Si5. The first-order valence-electron chi connectivity index (χ1n) is 40.9. The summed E-state index contributed by atoms with van der Waals surface area (Å²) < 4.78 is 124. The number of amides is 4. The van der Waals surface area contributed by atoms with E-state index in [1.807, 2.05) is 96.1 Å². The highest BCUT2D eigenvalue weighted by molar-refractivity contribution is 7.95. The third-order valence-corrected chi connectivity index (χ3v) is 47.6. The van der Waals surface area contributed by atoms with Gasteiger partial charge < -0.3 is 76.0 Å². The maximum atomic E-state index is 12.9. The minimum Gasteiger partial charge on any atom is -0.444 e. The molecule has 2 saturated heterocycles. The van der Waals surface area contributed by atoms with Crippen LogP contribution in [0.1, 0.15) is 213 Å². The van der Waals surface area contributed by atoms with Gasteiger partial charge in [0.1, 0.15) is 33.9 Å². The quantitative estimate of drug-likeness (QED) is 0.00680. The predicted octanol–water partition coefficient (Wildman–Crippen LogP) is 15.8. The van der Waals surface area contributed by atoms with Crippen molar-refractivity contribution in [1.29, 1.82) is 0 Å². The van der Waals surface area contributed by atoms with Crippen molar-refractivity contribution in [2.24, 2.45) is 5.92 Å². The number of alkyl carbamates (subject to hydrolysis) is 4. The summed E-state index contributed by atoms with van der Waals surface area (Å²) in [7, 11) is -15.7. The Kier molecular flexibility index (Phi) is 43.9. The van der Waals surface area contributed by atoms with Crippen molar-refractivity contribution in [2.45, 2.75) is 339 Å². The molecule has 0 aromatic heterocycles. The van der Waals surface area contributed by atoms with Gasteiger partial charge in [-0.3, -0.25) is 0 Å². The minimum absolute atomic E-state index is 0.0141. The number of nitrogens with one attached hydrogen (secondary N) is 6. The fourth-order valence-corrected chi connectivity index (χ4v) is 25.3. The molecule has 2 aromatic rings. The highest BCUT2D eigenvalue weighted by atomic mass is 32.2. The van der Waals surface area contributed by atoms with Gasteiger partial charge in [-0.25, -0.2) is 50.7 Å². The number of carbonyl (C=O) groups is 5. The van der Waals surface area contributed by atoms with Gasteiger partial charge in [-0.2, -0.15) is 0 Å². The molecule has 2 aromatic carbocycles. The lowest BCUT2D eigenvalue weighted by atomic mass is 9.98. The molecule has 0 radical (unpaired) electrons. The number of carbonyl (C=O) groups excluding carboxylic acids is 5. The molecule has 0 spiro atoms. The Morgan fingerprint density at radius 2 is 0.840 bits per heavy atom. The second kappa shape index (κ2) is 46.3. The zero-order valence-electron chi connectivity index (χ0n) is 78.7. The summed E-state index contributed by atoms with van der Waals surface area (Å²) >= 11 is 0.886. The Hall–Kier alpha value is -4.22. The molecule has 4 rings (SSSR count). The molecule has 10 atom stereocenters. The number of hydrogen-bond acceptors (Lipinski definition) is 24. The minimum atomic E-state index is -3.70. The number of aldehydes is 1. The van der Waals surface area contributed by atoms with Crippen LogP contribution >= 0.6 is 12.0 Å². The van der Waals surface area contributed by atoms with Gasteiger partial charge in [0, 0.05) is 81.2 Å². The highest BCUT2D eigenvalue weighted by Gasteiger charge is 2.53. The van der Waals surface area contributed by atoms with E-state index in [1.165, 1.54) is 0 Å². The summed E-state index contributed by atoms with van der Waals surface area (Å²) in [5.74, 6) is -0.102. The molecule has 2 aliphatic heterocycles. The van der Waals surface area contributed by atoms with Crippen molar-refractivity contribution in [3.8, 4) is 0 Å². The van der Waals surface area contributed by atoms with E-state index in [2.05, 4.69) is 198 Å². The Bertz CT molecular complexity index is 3670. The maximum absolute atomic E-state index is 12.9. The van der Waals surface area contributed by atoms with Crippen molar-refractivity contribution in [3.05, 3.63) is 73.3 Å². The standard InChI is InChI=1S/C29H53NO5Si2.C27H51NO8SSi2.C16H34N2O5SSi.C10H18N2O5S/c1-14-23(22-34-36(12,13)28(5,6)7)25(30-26(31)35-27(2,3)4)20-21-33-37(32-11,29(8,9)10)24-18-16-15-17-19-24;1-25(2,3)34-24(29)28-22(23(37-36-35-30)20-33-38(11,12)26(4,5)6)18-19-32-39(31-10,27(7,8)9)21-16-14-13-15-17-21;1-15(2,3)23-14(19)18-12-9-10-17-24(20,21)13(12)11-22-25(7,8)16(4,5)6;1-10(2,3)17-9(14)12-7-4-5-11-18(15,16)8(7)6-13/h14-19,23,25H,1,20-22H2,2-13H3,(H,30,31);13-17,22-23,30H,18-20H2,1-12H3,(H,28,29);12-13,17H,9-11H2,1-8H3,(H,18,19);6-8,11H,4-5H2,1-3H3,(H,12,14)/t23-,25+,37?;22-,23+,39?;12-,13+;7-,8+/m0111/s1. The van der Waals surface area contributed by atoms with Gasteiger partial charge in [0.2, 0.25) is 20.0 Å². The van der Waals surface area contributed by atoms with E-state index in [4.69, 9.17) is 59.5 Å². The van der Waals surface area contributed by atoms with E-state index >= 15 is 0 Å². The number of ether oxygens (including phenoxy) is 4. The second-order valence-corrected chi connectivity index (χ2v) is 67.9. The number of hydrogen-bond donors (Lipinski definition) is 7. The van der Waals surface area contributed by atoms with Crippen LogP contribution in [0.4, 0.5) is 19.2 Å². The largest absolute Gasteiger partial charge is 0.444 e. The zero-order valence-corrected chi connectivity index (χ0v) is 86.1. The Balaban J connectivity index is 0.000000823. The summed E-state index contributed by atoms with van der Waals surface area (Å²) in [5.41, 5.74) is -2.58. The van der Waals surface area contributed by atoms with Gasteiger partial charge in [0.25, 0.3) is 0 Å². The van der Waals surface area contributed by atoms with Crippen LogP contribution in [0.3, 0.4) is 0 Å². The number of sulfonamides is 2. The summed E-state index contributed by atoms with van der Waals surface area (Å²) in [5, 5.41) is 23.1. The summed E-state index contributed by atoms with van der Waals surface area (Å²) in [6.45, 7) is 72.6. The normalized spacial score (nSPS) is 19.8. The van der Waals surface area contributed by atoms with E-state index in [0.29, 0.717) is 58.3 Å². The molecule has 29 nitrogen and oxygen atoms in total. The fraction of sp³-hybridized carbons (Fsp3) is 0.768. The van der Waals surface area contributed by atoms with Gasteiger partial charge in [-0.1, -0.05) is 176 Å². The van der Waals surface area contributed by atoms with Crippen molar-refractivity contribution in [2.75, 3.05) is 60.3 Å². The molecule has 0 bridgehead atoms. The van der Waals surface area contributed by atoms with Crippen LogP contribution in [-0.4, -0.2) is 217 Å². The van der Waals surface area contributed by atoms with Crippen LogP contribution in [0.15, 0.2) is 73.3 Å². The average Bonchev–Trinajstić information content (AvgIpc) is 0.759. The lowest BCUT2D eigenvalue weighted by molar-refractivity contribution is -0.432. The molecule has 2 heterocycles. The monoisotopic (exact) mass is 1830 g/mol. The molecule has 2 fully saturated rings. The molecule has 0 saturated carbocycles. The van der Waals surface area contributed by atoms with Crippen molar-refractivity contribution < 1.29 is 105 Å². The van der Waals surface area contributed by atoms with Crippen LogP contribution in [0.5, 0.6) is 0 Å². The Morgan fingerprint density at radius 1 is 0.496 bits per heavy atom. The highest BCUT2D eigenvalue weighted by Crippen LogP contribution is 2.42. The van der Waals surface area contributed by atoms with Gasteiger partial charge in [0.05, 0.1) is 36.6 Å². The Morgan fingerprint density at radius 3 is 1.19 bits per heavy atom. The van der Waals surface area contributed by atoms with E-state index in [-0.39, 0.29) is 56.9 Å². The van der Waals surface area contributed by atoms with E-state index in [1.54, 1.807) is 55.8 Å². The SMILES string of the molecule is C=C[C@@H](CO[Si](C)(C)C(C)(C)C)[C@@H](CCO[Si](OC)(c1ccccc1)C(C)(C)C)NC(=O)OC(C)(C)C.CC(C)(C)OC(=O)N[C@@H]1CCNS(=O)(=O)[C@H]1C=O.CC(C)(C)OC(=O)N[C@@H]1CCNS(=O)(=O)[C@H]1CO[Si](C)(C)C(C)(C)C.CO[Si](OCC[C@@H](NC(=O)OC(C)(C)C)[C@H](CO[Si](C)(C)C(C)(C)C)SOOO)(c1ccccc1)C(C)(C)C. The van der Waals surface area contributed by atoms with Gasteiger partial charge in [-0.15, -0.1) is 10.9 Å². The smallest absolute Gasteiger partial charge is 0.407 e. The second-order valence-electron chi connectivity index (χ2n) is 40.6. The lowest BCUT2D eigenvalue weighted by Crippen LogP contribution is -2.60. The average molecular weight is 1830 g/mol. The molecule has 2 aliphatic rings. The summed E-state index contributed by atoms with van der Waals surface area (Å²) in [6.07, 6.45) is 1.68. The van der Waals surface area contributed by atoms with Gasteiger partial charge >= 0.3 is 41.5 Å². The summed E-state index contributed by atoms with van der Waals surface area (Å²) in [6, 6.07) is 18.1.